The Morgan fingerprint density at radius 1 is 0.917 bits per heavy atom. The number of aromatic nitrogens is 1. The topological polar surface area (TPSA) is 96.5 Å². The predicted molar refractivity (Wildman–Crippen MR) is 132 cm³/mol. The molecule has 2 aliphatic rings. The van der Waals surface area contributed by atoms with Crippen LogP contribution in [0.15, 0.2) is 60.7 Å². The van der Waals surface area contributed by atoms with Crippen molar-refractivity contribution in [1.29, 1.82) is 0 Å². The number of para-hydroxylation sites is 1. The lowest BCUT2D eigenvalue weighted by Crippen LogP contribution is -2.38. The van der Waals surface area contributed by atoms with Gasteiger partial charge in [-0.2, -0.15) is 0 Å². The number of fused-ring (bicyclic) bond motifs is 5. The van der Waals surface area contributed by atoms with E-state index in [2.05, 4.69) is 4.98 Å². The van der Waals surface area contributed by atoms with E-state index in [1.807, 2.05) is 24.3 Å². The van der Waals surface area contributed by atoms with E-state index >= 15 is 0 Å². The van der Waals surface area contributed by atoms with Gasteiger partial charge in [-0.15, -0.1) is 0 Å². The number of ketones is 2. The van der Waals surface area contributed by atoms with Crippen molar-refractivity contribution < 1.29 is 23.9 Å². The molecule has 0 radical (unpaired) electrons. The van der Waals surface area contributed by atoms with Gasteiger partial charge in [0.05, 0.1) is 16.1 Å². The van der Waals surface area contributed by atoms with Crippen LogP contribution in [0.1, 0.15) is 53.5 Å². The van der Waals surface area contributed by atoms with Crippen LogP contribution >= 0.6 is 11.6 Å². The zero-order valence-corrected chi connectivity index (χ0v) is 19.7. The van der Waals surface area contributed by atoms with Crippen LogP contribution < -0.4 is 0 Å². The molecule has 1 aliphatic heterocycles. The number of amides is 1. The van der Waals surface area contributed by atoms with Crippen molar-refractivity contribution in [2.75, 3.05) is 13.2 Å². The van der Waals surface area contributed by atoms with Crippen molar-refractivity contribution >= 4 is 45.9 Å². The molecule has 7 nitrogen and oxygen atoms in total. The number of H-pyrrole nitrogens is 1. The van der Waals surface area contributed by atoms with Gasteiger partial charge in [-0.05, 0) is 18.2 Å². The van der Waals surface area contributed by atoms with Gasteiger partial charge in [-0.1, -0.05) is 54.1 Å². The molecule has 3 aromatic carbocycles. The van der Waals surface area contributed by atoms with Gasteiger partial charge in [0, 0.05) is 58.4 Å². The molecule has 0 bridgehead atoms. The first-order valence-corrected chi connectivity index (χ1v) is 11.9. The zero-order chi connectivity index (χ0) is 25.0. The van der Waals surface area contributed by atoms with Crippen molar-refractivity contribution in [3.63, 3.8) is 0 Å². The standard InChI is InChI=1S/C28H19ClN2O5/c29-25-19(10-9-18-24(25)27(34)17-7-2-1-6-16(17)26(18)33)28(35)36-14-23(32)31-12-11-22-20(13-31)15-5-3-4-8-21(15)30-22/h1-10,30H,11-14H2. The van der Waals surface area contributed by atoms with Crippen LogP contribution in [0.2, 0.25) is 5.02 Å². The summed E-state index contributed by atoms with van der Waals surface area (Å²) in [4.78, 5) is 56.6. The van der Waals surface area contributed by atoms with Crippen molar-refractivity contribution in [1.82, 2.24) is 9.88 Å². The summed E-state index contributed by atoms with van der Waals surface area (Å²) in [7, 11) is 0. The second-order valence-corrected chi connectivity index (χ2v) is 9.20. The summed E-state index contributed by atoms with van der Waals surface area (Å²) >= 11 is 6.44. The summed E-state index contributed by atoms with van der Waals surface area (Å²) in [6.45, 7) is 0.469. The first-order chi connectivity index (χ1) is 17.4. The molecule has 0 fully saturated rings. The largest absolute Gasteiger partial charge is 0.452 e. The van der Waals surface area contributed by atoms with Crippen molar-refractivity contribution in [3.8, 4) is 0 Å². The van der Waals surface area contributed by atoms with Gasteiger partial charge in [0.1, 0.15) is 0 Å². The Balaban J connectivity index is 1.19. The molecular weight excluding hydrogens is 480 g/mol. The highest BCUT2D eigenvalue weighted by Gasteiger charge is 2.33. The molecule has 1 aromatic heterocycles. The summed E-state index contributed by atoms with van der Waals surface area (Å²) in [5.74, 6) is -1.92. The smallest absolute Gasteiger partial charge is 0.340 e. The summed E-state index contributed by atoms with van der Waals surface area (Å²) in [6.07, 6.45) is 0.679. The van der Waals surface area contributed by atoms with E-state index < -0.39 is 18.4 Å². The Bertz CT molecular complexity index is 1620. The lowest BCUT2D eigenvalue weighted by Gasteiger charge is -2.27. The highest BCUT2D eigenvalue weighted by Crippen LogP contribution is 2.34. The van der Waals surface area contributed by atoms with Gasteiger partial charge < -0.3 is 14.6 Å². The quantitative estimate of drug-likeness (QED) is 0.373. The SMILES string of the molecule is O=C(OCC(=O)N1CCc2[nH]c3ccccc3c2C1)c1ccc2c(c1Cl)C(=O)c1ccccc1C2=O. The summed E-state index contributed by atoms with van der Waals surface area (Å²) in [5, 5.41) is 0.919. The molecule has 0 saturated heterocycles. The predicted octanol–water partition coefficient (Wildman–Crippen LogP) is 4.34. The zero-order valence-electron chi connectivity index (χ0n) is 19.0. The molecule has 1 amide bonds. The Morgan fingerprint density at radius 2 is 1.64 bits per heavy atom. The average Bonchev–Trinajstić information content (AvgIpc) is 3.28. The van der Waals surface area contributed by atoms with Crippen LogP contribution in [0.3, 0.4) is 0 Å². The lowest BCUT2D eigenvalue weighted by molar-refractivity contribution is -0.135. The molecule has 36 heavy (non-hydrogen) atoms. The van der Waals surface area contributed by atoms with Crippen LogP contribution in [-0.2, 0) is 22.5 Å². The third-order valence-corrected chi connectivity index (χ3v) is 7.20. The third kappa shape index (κ3) is 3.43. The van der Waals surface area contributed by atoms with E-state index in [0.29, 0.717) is 25.1 Å². The van der Waals surface area contributed by atoms with Gasteiger partial charge in [0.15, 0.2) is 18.2 Å². The minimum atomic E-state index is -0.833. The number of hydrogen-bond acceptors (Lipinski definition) is 5. The average molecular weight is 499 g/mol. The van der Waals surface area contributed by atoms with Crippen molar-refractivity contribution in [2.45, 2.75) is 13.0 Å². The number of hydrogen-bond donors (Lipinski definition) is 1. The summed E-state index contributed by atoms with van der Waals surface area (Å²) in [6, 6.07) is 17.2. The Labute approximate surface area is 210 Å². The number of rotatable bonds is 3. The van der Waals surface area contributed by atoms with Gasteiger partial charge in [0.25, 0.3) is 5.91 Å². The van der Waals surface area contributed by atoms with Crippen LogP contribution in [0.25, 0.3) is 10.9 Å². The molecule has 0 atom stereocenters. The molecule has 2 heterocycles. The molecule has 6 rings (SSSR count). The number of aromatic amines is 1. The molecule has 178 valence electrons. The summed E-state index contributed by atoms with van der Waals surface area (Å²) < 4.78 is 5.28. The van der Waals surface area contributed by atoms with E-state index in [9.17, 15) is 19.2 Å². The molecular formula is C28H19ClN2O5. The molecule has 0 spiro atoms. The van der Waals surface area contributed by atoms with E-state index in [4.69, 9.17) is 16.3 Å². The first kappa shape index (κ1) is 22.2. The third-order valence-electron chi connectivity index (χ3n) is 6.81. The fourth-order valence-electron chi connectivity index (χ4n) is 4.98. The van der Waals surface area contributed by atoms with Gasteiger partial charge in [0.2, 0.25) is 0 Å². The number of benzene rings is 3. The Morgan fingerprint density at radius 3 is 2.44 bits per heavy atom. The molecule has 1 aliphatic carbocycles. The highest BCUT2D eigenvalue weighted by molar-refractivity contribution is 6.41. The maximum Gasteiger partial charge on any atom is 0.340 e. The van der Waals surface area contributed by atoms with E-state index in [1.54, 1.807) is 29.2 Å². The molecule has 8 heteroatoms. The molecule has 1 N–H and O–H groups in total. The van der Waals surface area contributed by atoms with Crippen molar-refractivity contribution in [3.05, 3.63) is 105 Å². The van der Waals surface area contributed by atoms with Crippen LogP contribution in [-0.4, -0.2) is 46.5 Å². The first-order valence-electron chi connectivity index (χ1n) is 11.5. The number of nitrogens with zero attached hydrogens (tertiary/aromatic N) is 1. The van der Waals surface area contributed by atoms with Crippen molar-refractivity contribution in [2.24, 2.45) is 0 Å². The lowest BCUT2D eigenvalue weighted by atomic mass is 9.83. The fourth-order valence-corrected chi connectivity index (χ4v) is 5.31. The monoisotopic (exact) mass is 498 g/mol. The van der Waals surface area contributed by atoms with Gasteiger partial charge in [-0.25, -0.2) is 4.79 Å². The number of carbonyl (C=O) groups excluding carboxylic acids is 4. The van der Waals surface area contributed by atoms with Gasteiger partial charge in [-0.3, -0.25) is 14.4 Å². The number of halogens is 1. The van der Waals surface area contributed by atoms with Gasteiger partial charge >= 0.3 is 5.97 Å². The number of ether oxygens (including phenoxy) is 1. The molecule has 4 aromatic rings. The maximum absolute atomic E-state index is 13.0. The van der Waals surface area contributed by atoms with E-state index in [-0.39, 0.29) is 39.0 Å². The number of nitrogens with one attached hydrogen (secondary N) is 1. The fraction of sp³-hybridized carbons (Fsp3) is 0.143. The van der Waals surface area contributed by atoms with Crippen LogP contribution in [0, 0.1) is 0 Å². The second-order valence-electron chi connectivity index (χ2n) is 8.82. The van der Waals surface area contributed by atoms with E-state index in [1.165, 1.54) is 12.1 Å². The Kier molecular flexibility index (Phi) is 5.23. The molecule has 0 unspecified atom stereocenters. The maximum atomic E-state index is 13.0. The minimum Gasteiger partial charge on any atom is -0.452 e. The highest BCUT2D eigenvalue weighted by atomic mass is 35.5. The normalized spacial score (nSPS) is 14.3. The number of carbonyl (C=O) groups is 4. The Hall–Kier alpha value is -4.23. The summed E-state index contributed by atoms with van der Waals surface area (Å²) in [5.41, 5.74) is 3.79. The van der Waals surface area contributed by atoms with Crippen LogP contribution in [0.5, 0.6) is 0 Å². The van der Waals surface area contributed by atoms with Crippen LogP contribution in [0.4, 0.5) is 0 Å². The minimum absolute atomic E-state index is 0.0240. The van der Waals surface area contributed by atoms with E-state index in [0.717, 1.165) is 22.2 Å². The second kappa shape index (κ2) is 8.46. The molecule has 0 saturated carbocycles. The number of esters is 1.